The van der Waals surface area contributed by atoms with Crippen LogP contribution < -0.4 is 20.1 Å². The van der Waals surface area contributed by atoms with Crippen molar-refractivity contribution >= 4 is 45.2 Å². The zero-order chi connectivity index (χ0) is 23.5. The number of benzene rings is 2. The van der Waals surface area contributed by atoms with Gasteiger partial charge in [0.2, 0.25) is 4.96 Å². The summed E-state index contributed by atoms with van der Waals surface area (Å²) in [6, 6.07) is 10.8. The van der Waals surface area contributed by atoms with Crippen molar-refractivity contribution in [2.75, 3.05) is 19.5 Å². The van der Waals surface area contributed by atoms with Gasteiger partial charge in [-0.3, -0.25) is 10.1 Å². The number of carbonyl (C=O) groups excluding carboxylic acids is 1. The number of amides is 1. The number of methoxy groups -OCH3 is 2. The predicted octanol–water partition coefficient (Wildman–Crippen LogP) is 3.87. The van der Waals surface area contributed by atoms with Crippen LogP contribution in [0, 0.1) is 6.92 Å². The Labute approximate surface area is 199 Å². The Bertz CT molecular complexity index is 1350. The fourth-order valence-electron chi connectivity index (χ4n) is 3.19. The van der Waals surface area contributed by atoms with Gasteiger partial charge in [0, 0.05) is 23.2 Å². The van der Waals surface area contributed by atoms with E-state index in [-0.39, 0.29) is 11.0 Å². The minimum Gasteiger partial charge on any atom is -0.493 e. The number of ether oxygens (including phenoxy) is 2. The summed E-state index contributed by atoms with van der Waals surface area (Å²) >= 11 is 6.84. The number of anilines is 1. The van der Waals surface area contributed by atoms with Crippen molar-refractivity contribution in [3.05, 3.63) is 53.3 Å². The molecule has 0 saturated carbocycles. The first kappa shape index (κ1) is 22.6. The molecule has 33 heavy (non-hydrogen) atoms. The average Bonchev–Trinajstić information content (AvgIpc) is 3.40. The van der Waals surface area contributed by atoms with Crippen molar-refractivity contribution in [1.82, 2.24) is 25.1 Å². The lowest BCUT2D eigenvalue weighted by Gasteiger charge is -2.13. The number of nitrogens with one attached hydrogen (secondary N) is 2. The standard InChI is InChI=1S/C22H22N6O3S2/c1-5-18-25-26-22-28(18)27-20(33-22)14-7-6-12(2)15(10-14)23-21(32)24-19(29)13-8-9-16(30-3)17(11-13)31-4/h6-11H,5H2,1-4H3,(H2,23,24,29,32). The van der Waals surface area contributed by atoms with E-state index < -0.39 is 0 Å². The lowest BCUT2D eigenvalue weighted by atomic mass is 10.1. The van der Waals surface area contributed by atoms with Gasteiger partial charge in [0.25, 0.3) is 5.91 Å². The van der Waals surface area contributed by atoms with Crippen LogP contribution >= 0.6 is 23.6 Å². The highest BCUT2D eigenvalue weighted by Crippen LogP contribution is 2.30. The lowest BCUT2D eigenvalue weighted by molar-refractivity contribution is 0.0977. The van der Waals surface area contributed by atoms with E-state index in [9.17, 15) is 4.79 Å². The van der Waals surface area contributed by atoms with Crippen LogP contribution in [0.25, 0.3) is 15.5 Å². The van der Waals surface area contributed by atoms with Crippen LogP contribution in [-0.4, -0.2) is 45.1 Å². The summed E-state index contributed by atoms with van der Waals surface area (Å²) in [6.07, 6.45) is 0.749. The molecule has 2 aromatic heterocycles. The monoisotopic (exact) mass is 482 g/mol. The molecule has 170 valence electrons. The molecule has 1 amide bonds. The van der Waals surface area contributed by atoms with Gasteiger partial charge < -0.3 is 14.8 Å². The summed E-state index contributed by atoms with van der Waals surface area (Å²) in [4.78, 5) is 13.4. The van der Waals surface area contributed by atoms with Gasteiger partial charge in [-0.05, 0) is 49.0 Å². The summed E-state index contributed by atoms with van der Waals surface area (Å²) in [5, 5.41) is 19.8. The maximum Gasteiger partial charge on any atom is 0.257 e. The van der Waals surface area contributed by atoms with Gasteiger partial charge >= 0.3 is 0 Å². The first-order valence-electron chi connectivity index (χ1n) is 10.1. The molecule has 0 fully saturated rings. The molecule has 0 atom stereocenters. The van der Waals surface area contributed by atoms with Crippen LogP contribution in [0.1, 0.15) is 28.7 Å². The molecule has 4 aromatic rings. The number of aryl methyl sites for hydroxylation is 2. The number of hydrogen-bond acceptors (Lipinski definition) is 8. The largest absolute Gasteiger partial charge is 0.493 e. The van der Waals surface area contributed by atoms with E-state index in [1.165, 1.54) is 25.6 Å². The second-order valence-electron chi connectivity index (χ2n) is 7.08. The Balaban J connectivity index is 1.51. The molecular weight excluding hydrogens is 460 g/mol. The Morgan fingerprint density at radius 2 is 1.91 bits per heavy atom. The topological polar surface area (TPSA) is 103 Å². The highest BCUT2D eigenvalue weighted by molar-refractivity contribution is 7.80. The SMILES string of the molecule is CCc1nnc2sc(-c3ccc(C)c(NC(=S)NC(=O)c4ccc(OC)c(OC)c4)c3)nn12. The fourth-order valence-corrected chi connectivity index (χ4v) is 4.25. The number of fused-ring (bicyclic) bond motifs is 1. The van der Waals surface area contributed by atoms with Crippen molar-refractivity contribution in [2.24, 2.45) is 0 Å². The lowest BCUT2D eigenvalue weighted by Crippen LogP contribution is -2.34. The fraction of sp³-hybridized carbons (Fsp3) is 0.227. The minimum atomic E-state index is -0.358. The smallest absolute Gasteiger partial charge is 0.257 e. The number of rotatable bonds is 6. The van der Waals surface area contributed by atoms with E-state index >= 15 is 0 Å². The van der Waals surface area contributed by atoms with Gasteiger partial charge in [-0.15, -0.1) is 10.2 Å². The van der Waals surface area contributed by atoms with E-state index in [1.54, 1.807) is 22.7 Å². The number of nitrogens with zero attached hydrogens (tertiary/aromatic N) is 4. The number of thiocarbonyl (C=S) groups is 1. The van der Waals surface area contributed by atoms with E-state index in [0.29, 0.717) is 17.1 Å². The summed E-state index contributed by atoms with van der Waals surface area (Å²) in [6.45, 7) is 3.97. The molecule has 2 N–H and O–H groups in total. The molecule has 0 radical (unpaired) electrons. The van der Waals surface area contributed by atoms with E-state index in [0.717, 1.165) is 39.0 Å². The average molecular weight is 483 g/mol. The van der Waals surface area contributed by atoms with Crippen LogP contribution in [0.5, 0.6) is 11.5 Å². The van der Waals surface area contributed by atoms with Crippen molar-refractivity contribution in [1.29, 1.82) is 0 Å². The molecular formula is C22H22N6O3S2. The Morgan fingerprint density at radius 3 is 2.64 bits per heavy atom. The predicted molar refractivity (Wildman–Crippen MR) is 131 cm³/mol. The molecule has 4 rings (SSSR count). The molecule has 0 bridgehead atoms. The number of carbonyl (C=O) groups is 1. The maximum atomic E-state index is 12.7. The number of hydrogen-bond donors (Lipinski definition) is 2. The van der Waals surface area contributed by atoms with E-state index in [2.05, 4.69) is 25.9 Å². The van der Waals surface area contributed by atoms with Crippen LogP contribution in [0.4, 0.5) is 5.69 Å². The molecule has 2 aromatic carbocycles. The summed E-state index contributed by atoms with van der Waals surface area (Å²) in [5.74, 6) is 1.46. The summed E-state index contributed by atoms with van der Waals surface area (Å²) in [7, 11) is 3.05. The van der Waals surface area contributed by atoms with Crippen LogP contribution in [-0.2, 0) is 6.42 Å². The molecule has 0 aliphatic rings. The second-order valence-corrected chi connectivity index (χ2v) is 8.44. The van der Waals surface area contributed by atoms with Gasteiger partial charge in [-0.25, -0.2) is 0 Å². The van der Waals surface area contributed by atoms with E-state index in [4.69, 9.17) is 21.7 Å². The first-order chi connectivity index (χ1) is 15.9. The summed E-state index contributed by atoms with van der Waals surface area (Å²) < 4.78 is 12.2. The Hall–Kier alpha value is -3.57. The third-order valence-corrected chi connectivity index (χ3v) is 6.13. The minimum absolute atomic E-state index is 0.182. The third-order valence-electron chi connectivity index (χ3n) is 4.98. The van der Waals surface area contributed by atoms with Crippen molar-refractivity contribution in [2.45, 2.75) is 20.3 Å². The molecule has 0 aliphatic carbocycles. The van der Waals surface area contributed by atoms with Crippen LogP contribution in [0.3, 0.4) is 0 Å². The normalized spacial score (nSPS) is 10.8. The summed E-state index contributed by atoms with van der Waals surface area (Å²) in [5.41, 5.74) is 3.05. The van der Waals surface area contributed by atoms with Gasteiger partial charge in [0.1, 0.15) is 5.01 Å². The van der Waals surface area contributed by atoms with Crippen molar-refractivity contribution in [3.8, 4) is 22.1 Å². The number of aromatic nitrogens is 4. The van der Waals surface area contributed by atoms with Crippen LogP contribution in [0.2, 0.25) is 0 Å². The quantitative estimate of drug-likeness (QED) is 0.399. The maximum absolute atomic E-state index is 12.7. The van der Waals surface area contributed by atoms with Crippen molar-refractivity contribution in [3.63, 3.8) is 0 Å². The van der Waals surface area contributed by atoms with E-state index in [1.807, 2.05) is 32.0 Å². The molecule has 0 saturated heterocycles. The van der Waals surface area contributed by atoms with Gasteiger partial charge in [0.15, 0.2) is 22.4 Å². The zero-order valence-corrected chi connectivity index (χ0v) is 20.1. The Morgan fingerprint density at radius 1 is 1.12 bits per heavy atom. The zero-order valence-electron chi connectivity index (χ0n) is 18.5. The van der Waals surface area contributed by atoms with Crippen molar-refractivity contribution < 1.29 is 14.3 Å². The van der Waals surface area contributed by atoms with Gasteiger partial charge in [0.05, 0.1) is 14.2 Å². The third kappa shape index (κ3) is 4.64. The highest BCUT2D eigenvalue weighted by Gasteiger charge is 2.15. The Kier molecular flexibility index (Phi) is 6.52. The second kappa shape index (κ2) is 9.51. The molecule has 9 nitrogen and oxygen atoms in total. The highest BCUT2D eigenvalue weighted by atomic mass is 32.1. The molecule has 0 spiro atoms. The molecule has 0 aliphatic heterocycles. The molecule has 0 unspecified atom stereocenters. The molecule has 11 heteroatoms. The van der Waals surface area contributed by atoms with Gasteiger partial charge in [-0.2, -0.15) is 9.61 Å². The first-order valence-corrected chi connectivity index (χ1v) is 11.3. The van der Waals surface area contributed by atoms with Gasteiger partial charge in [-0.1, -0.05) is 30.4 Å². The van der Waals surface area contributed by atoms with Crippen LogP contribution in [0.15, 0.2) is 36.4 Å². The molecule has 2 heterocycles.